The van der Waals surface area contributed by atoms with E-state index < -0.39 is 0 Å². The van der Waals surface area contributed by atoms with E-state index in [1.165, 1.54) is 41.3 Å². The zero-order chi connectivity index (χ0) is 11.8. The van der Waals surface area contributed by atoms with Crippen LogP contribution in [0.5, 0.6) is 0 Å². The maximum absolute atomic E-state index is 6.37. The van der Waals surface area contributed by atoms with Crippen LogP contribution in [0.1, 0.15) is 48.2 Å². The van der Waals surface area contributed by atoms with E-state index in [0.29, 0.717) is 5.41 Å². The summed E-state index contributed by atoms with van der Waals surface area (Å²) in [6, 6.07) is 0.278. The van der Waals surface area contributed by atoms with Gasteiger partial charge >= 0.3 is 0 Å². The van der Waals surface area contributed by atoms with Crippen LogP contribution in [0.2, 0.25) is 0 Å². The molecule has 0 bridgehead atoms. The molecular formula is C13H22N2S. The van der Waals surface area contributed by atoms with Gasteiger partial charge in [-0.2, -0.15) is 0 Å². The van der Waals surface area contributed by atoms with Crippen LogP contribution in [0.3, 0.4) is 0 Å². The van der Waals surface area contributed by atoms with Crippen molar-refractivity contribution < 1.29 is 0 Å². The lowest BCUT2D eigenvalue weighted by Crippen LogP contribution is -2.39. The second kappa shape index (κ2) is 4.46. The van der Waals surface area contributed by atoms with Gasteiger partial charge in [0.2, 0.25) is 0 Å². The first-order chi connectivity index (χ1) is 7.51. The third kappa shape index (κ3) is 2.30. The minimum atomic E-state index is 0.278. The van der Waals surface area contributed by atoms with Crippen molar-refractivity contribution in [3.63, 3.8) is 0 Å². The number of hydrogen-bond acceptors (Lipinski definition) is 3. The molecule has 3 heteroatoms. The average molecular weight is 238 g/mol. The van der Waals surface area contributed by atoms with Crippen molar-refractivity contribution in [2.45, 2.75) is 58.9 Å². The largest absolute Gasteiger partial charge is 0.327 e. The lowest BCUT2D eigenvalue weighted by atomic mass is 9.80. The molecule has 2 rings (SSSR count). The Morgan fingerprint density at radius 3 is 2.50 bits per heavy atom. The van der Waals surface area contributed by atoms with Gasteiger partial charge in [0.15, 0.2) is 0 Å². The van der Waals surface area contributed by atoms with Crippen LogP contribution in [-0.2, 0) is 6.42 Å². The molecule has 1 aromatic heterocycles. The Balaban J connectivity index is 2.04. The summed E-state index contributed by atoms with van der Waals surface area (Å²) in [5, 5.41) is 1.22. The van der Waals surface area contributed by atoms with E-state index >= 15 is 0 Å². The Labute approximate surface area is 102 Å². The number of thiazole rings is 1. The van der Waals surface area contributed by atoms with E-state index in [1.54, 1.807) is 0 Å². The predicted molar refractivity (Wildman–Crippen MR) is 69.8 cm³/mol. The van der Waals surface area contributed by atoms with Gasteiger partial charge in [-0.1, -0.05) is 19.8 Å². The molecule has 2 nitrogen and oxygen atoms in total. The van der Waals surface area contributed by atoms with Crippen molar-refractivity contribution in [1.29, 1.82) is 0 Å². The van der Waals surface area contributed by atoms with E-state index in [9.17, 15) is 0 Å². The van der Waals surface area contributed by atoms with Gasteiger partial charge in [0.25, 0.3) is 0 Å². The molecule has 1 heterocycles. The molecule has 0 aliphatic heterocycles. The minimum absolute atomic E-state index is 0.278. The topological polar surface area (TPSA) is 38.9 Å². The summed E-state index contributed by atoms with van der Waals surface area (Å²) < 4.78 is 0. The number of nitrogens with zero attached hydrogens (tertiary/aromatic N) is 1. The van der Waals surface area contributed by atoms with Crippen molar-refractivity contribution in [3.8, 4) is 0 Å². The van der Waals surface area contributed by atoms with Crippen LogP contribution in [0.4, 0.5) is 0 Å². The van der Waals surface area contributed by atoms with Crippen LogP contribution >= 0.6 is 11.3 Å². The molecule has 1 aromatic rings. The highest BCUT2D eigenvalue weighted by molar-refractivity contribution is 7.11. The van der Waals surface area contributed by atoms with E-state index in [1.807, 2.05) is 11.3 Å². The van der Waals surface area contributed by atoms with Gasteiger partial charge in [-0.05, 0) is 32.1 Å². The molecule has 0 saturated heterocycles. The smallest absolute Gasteiger partial charge is 0.0946 e. The Morgan fingerprint density at radius 2 is 2.00 bits per heavy atom. The molecule has 1 saturated carbocycles. The van der Waals surface area contributed by atoms with Crippen molar-refractivity contribution in [2.75, 3.05) is 0 Å². The van der Waals surface area contributed by atoms with Gasteiger partial charge in [-0.25, -0.2) is 4.98 Å². The third-order valence-electron chi connectivity index (χ3n) is 4.11. The molecule has 0 amide bonds. The zero-order valence-corrected chi connectivity index (χ0v) is 11.4. The summed E-state index contributed by atoms with van der Waals surface area (Å²) in [4.78, 5) is 5.92. The fourth-order valence-corrected chi connectivity index (χ4v) is 3.61. The quantitative estimate of drug-likeness (QED) is 0.878. The maximum Gasteiger partial charge on any atom is 0.0946 e. The highest BCUT2D eigenvalue weighted by Gasteiger charge is 2.35. The molecule has 1 atom stereocenters. The standard InChI is InChI=1S/C13H22N2S/c1-9-10(2)16-12(15-9)8-11(14)13(3)6-4-5-7-13/h11H,4-8,14H2,1-3H3. The van der Waals surface area contributed by atoms with E-state index in [-0.39, 0.29) is 6.04 Å². The minimum Gasteiger partial charge on any atom is -0.327 e. The molecule has 1 aliphatic carbocycles. The van der Waals surface area contributed by atoms with Gasteiger partial charge in [-0.15, -0.1) is 11.3 Å². The Morgan fingerprint density at radius 1 is 1.38 bits per heavy atom. The molecule has 0 spiro atoms. The molecular weight excluding hydrogens is 216 g/mol. The number of aromatic nitrogens is 1. The highest BCUT2D eigenvalue weighted by atomic mass is 32.1. The van der Waals surface area contributed by atoms with E-state index in [2.05, 4.69) is 25.8 Å². The Bertz CT molecular complexity index is 345. The fraction of sp³-hybridized carbons (Fsp3) is 0.769. The molecule has 1 fully saturated rings. The van der Waals surface area contributed by atoms with Crippen molar-refractivity contribution in [3.05, 3.63) is 15.6 Å². The lowest BCUT2D eigenvalue weighted by molar-refractivity contribution is 0.260. The second-order valence-corrected chi connectivity index (χ2v) is 6.71. The van der Waals surface area contributed by atoms with Crippen molar-refractivity contribution >= 4 is 11.3 Å². The first-order valence-corrected chi connectivity index (χ1v) is 7.01. The summed E-state index contributed by atoms with van der Waals surface area (Å²) >= 11 is 1.81. The molecule has 0 radical (unpaired) electrons. The van der Waals surface area contributed by atoms with Crippen molar-refractivity contribution in [1.82, 2.24) is 4.98 Å². The summed E-state index contributed by atoms with van der Waals surface area (Å²) in [6.45, 7) is 6.56. The summed E-state index contributed by atoms with van der Waals surface area (Å²) in [5.74, 6) is 0. The van der Waals surface area contributed by atoms with Gasteiger partial charge in [0.1, 0.15) is 0 Å². The summed E-state index contributed by atoms with van der Waals surface area (Å²) in [6.07, 6.45) is 6.23. The van der Waals surface area contributed by atoms with Gasteiger partial charge in [0.05, 0.1) is 10.7 Å². The normalized spacial score (nSPS) is 21.2. The van der Waals surface area contributed by atoms with Crippen LogP contribution < -0.4 is 5.73 Å². The summed E-state index contributed by atoms with van der Waals surface area (Å²) in [7, 11) is 0. The first-order valence-electron chi connectivity index (χ1n) is 6.20. The van der Waals surface area contributed by atoms with Gasteiger partial charge in [-0.3, -0.25) is 0 Å². The Hall–Kier alpha value is -0.410. The average Bonchev–Trinajstić information content (AvgIpc) is 2.76. The van der Waals surface area contributed by atoms with E-state index in [4.69, 9.17) is 5.73 Å². The van der Waals surface area contributed by atoms with Crippen LogP contribution in [-0.4, -0.2) is 11.0 Å². The molecule has 2 N–H and O–H groups in total. The van der Waals surface area contributed by atoms with Crippen LogP contribution in [0.15, 0.2) is 0 Å². The first kappa shape index (κ1) is 12.1. The van der Waals surface area contributed by atoms with E-state index in [0.717, 1.165) is 6.42 Å². The number of aryl methyl sites for hydroxylation is 2. The monoisotopic (exact) mass is 238 g/mol. The lowest BCUT2D eigenvalue weighted by Gasteiger charge is -2.30. The number of rotatable bonds is 3. The fourth-order valence-electron chi connectivity index (χ4n) is 2.61. The maximum atomic E-state index is 6.37. The van der Waals surface area contributed by atoms with Crippen molar-refractivity contribution in [2.24, 2.45) is 11.1 Å². The molecule has 90 valence electrons. The Kier molecular flexibility index (Phi) is 3.36. The predicted octanol–water partition coefficient (Wildman–Crippen LogP) is 3.21. The van der Waals surface area contributed by atoms with Gasteiger partial charge < -0.3 is 5.73 Å². The molecule has 1 aliphatic rings. The SMILES string of the molecule is Cc1nc(CC(N)C2(C)CCCC2)sc1C. The van der Waals surface area contributed by atoms with Crippen LogP contribution in [0, 0.1) is 19.3 Å². The summed E-state index contributed by atoms with van der Waals surface area (Å²) in [5.41, 5.74) is 7.90. The van der Waals surface area contributed by atoms with Gasteiger partial charge in [0, 0.05) is 17.3 Å². The molecule has 16 heavy (non-hydrogen) atoms. The third-order valence-corrected chi connectivity index (χ3v) is 5.20. The zero-order valence-electron chi connectivity index (χ0n) is 10.5. The number of hydrogen-bond donors (Lipinski definition) is 1. The van der Waals surface area contributed by atoms with Crippen LogP contribution in [0.25, 0.3) is 0 Å². The molecule has 1 unspecified atom stereocenters. The number of nitrogens with two attached hydrogens (primary N) is 1. The highest BCUT2D eigenvalue weighted by Crippen LogP contribution is 2.40. The second-order valence-electron chi connectivity index (χ2n) is 5.42. The molecule has 0 aromatic carbocycles.